The number of aryl methyl sites for hydroxylation is 2. The van der Waals surface area contributed by atoms with Crippen LogP contribution in [0.2, 0.25) is 0 Å². The highest BCUT2D eigenvalue weighted by Crippen LogP contribution is 2.27. The quantitative estimate of drug-likeness (QED) is 0.892. The van der Waals surface area contributed by atoms with E-state index in [1.807, 2.05) is 29.7 Å². The minimum Gasteiger partial charge on any atom is -0.302 e. The first-order chi connectivity index (χ1) is 8.58. The predicted molar refractivity (Wildman–Crippen MR) is 78.0 cm³/mol. The van der Waals surface area contributed by atoms with Crippen LogP contribution in [0.3, 0.4) is 0 Å². The summed E-state index contributed by atoms with van der Waals surface area (Å²) in [6.45, 7) is 8.73. The standard InChI is InChI=1S/C15H20N2S/c1-10-9-14(13(4)18-10)11(2)17-12(3)15-7-5-6-8-16-15/h5-9,11-12,17H,1-4H3/t11?,12-/m1/s1. The van der Waals surface area contributed by atoms with Crippen molar-refractivity contribution in [3.63, 3.8) is 0 Å². The third-order valence-electron chi connectivity index (χ3n) is 3.18. The molecule has 0 aliphatic carbocycles. The van der Waals surface area contributed by atoms with Crippen molar-refractivity contribution < 1.29 is 0 Å². The van der Waals surface area contributed by atoms with E-state index in [0.29, 0.717) is 6.04 Å². The Morgan fingerprint density at radius 1 is 1.17 bits per heavy atom. The molecule has 0 aliphatic rings. The lowest BCUT2D eigenvalue weighted by atomic mass is 10.1. The van der Waals surface area contributed by atoms with Crippen molar-refractivity contribution in [2.24, 2.45) is 0 Å². The van der Waals surface area contributed by atoms with E-state index in [9.17, 15) is 0 Å². The molecule has 1 N–H and O–H groups in total. The molecule has 2 nitrogen and oxygen atoms in total. The molecule has 2 aromatic heterocycles. The van der Waals surface area contributed by atoms with E-state index in [4.69, 9.17) is 0 Å². The first-order valence-electron chi connectivity index (χ1n) is 6.32. The van der Waals surface area contributed by atoms with Crippen LogP contribution < -0.4 is 5.32 Å². The Morgan fingerprint density at radius 3 is 2.50 bits per heavy atom. The zero-order valence-corrected chi connectivity index (χ0v) is 12.2. The van der Waals surface area contributed by atoms with Crippen molar-refractivity contribution in [1.82, 2.24) is 10.3 Å². The van der Waals surface area contributed by atoms with Gasteiger partial charge >= 0.3 is 0 Å². The van der Waals surface area contributed by atoms with Crippen LogP contribution in [-0.2, 0) is 0 Å². The van der Waals surface area contributed by atoms with Gasteiger partial charge in [0.1, 0.15) is 0 Å². The summed E-state index contributed by atoms with van der Waals surface area (Å²) < 4.78 is 0. The highest BCUT2D eigenvalue weighted by Gasteiger charge is 2.14. The number of nitrogens with zero attached hydrogens (tertiary/aromatic N) is 1. The maximum Gasteiger partial charge on any atom is 0.0570 e. The summed E-state index contributed by atoms with van der Waals surface area (Å²) in [6.07, 6.45) is 1.85. The van der Waals surface area contributed by atoms with Gasteiger partial charge in [-0.25, -0.2) is 0 Å². The van der Waals surface area contributed by atoms with Gasteiger partial charge in [-0.2, -0.15) is 0 Å². The molecular formula is C15H20N2S. The minimum absolute atomic E-state index is 0.265. The SMILES string of the molecule is Cc1cc(C(C)N[C@H](C)c2ccccn2)c(C)s1. The number of hydrogen-bond acceptors (Lipinski definition) is 3. The molecule has 1 unspecified atom stereocenters. The van der Waals surface area contributed by atoms with E-state index in [1.165, 1.54) is 15.3 Å². The average molecular weight is 260 g/mol. The Bertz CT molecular complexity index is 504. The lowest BCUT2D eigenvalue weighted by Gasteiger charge is -2.19. The van der Waals surface area contributed by atoms with Crippen molar-refractivity contribution >= 4 is 11.3 Å². The summed E-state index contributed by atoms with van der Waals surface area (Å²) in [6, 6.07) is 8.95. The van der Waals surface area contributed by atoms with Gasteiger partial charge in [-0.1, -0.05) is 6.07 Å². The fourth-order valence-electron chi connectivity index (χ4n) is 2.26. The summed E-state index contributed by atoms with van der Waals surface area (Å²) in [7, 11) is 0. The van der Waals surface area contributed by atoms with E-state index in [2.05, 4.69) is 50.1 Å². The molecule has 0 bridgehead atoms. The van der Waals surface area contributed by atoms with E-state index in [1.54, 1.807) is 0 Å². The molecule has 0 spiro atoms. The Hall–Kier alpha value is -1.19. The van der Waals surface area contributed by atoms with Crippen LogP contribution in [0.4, 0.5) is 0 Å². The first-order valence-corrected chi connectivity index (χ1v) is 7.13. The lowest BCUT2D eigenvalue weighted by Crippen LogP contribution is -2.23. The molecule has 96 valence electrons. The van der Waals surface area contributed by atoms with Crippen molar-refractivity contribution in [2.75, 3.05) is 0 Å². The van der Waals surface area contributed by atoms with Crippen LogP contribution in [0.25, 0.3) is 0 Å². The van der Waals surface area contributed by atoms with Gasteiger partial charge < -0.3 is 5.32 Å². The number of aromatic nitrogens is 1. The van der Waals surface area contributed by atoms with Crippen LogP contribution in [0.1, 0.15) is 46.9 Å². The molecule has 2 heterocycles. The van der Waals surface area contributed by atoms with E-state index >= 15 is 0 Å². The number of hydrogen-bond donors (Lipinski definition) is 1. The molecule has 0 saturated heterocycles. The largest absolute Gasteiger partial charge is 0.302 e. The summed E-state index contributed by atoms with van der Waals surface area (Å²) in [5.74, 6) is 0. The fraction of sp³-hybridized carbons (Fsp3) is 0.400. The molecule has 0 aromatic carbocycles. The molecule has 3 heteroatoms. The monoisotopic (exact) mass is 260 g/mol. The van der Waals surface area contributed by atoms with Crippen LogP contribution in [0, 0.1) is 13.8 Å². The Kier molecular flexibility index (Phi) is 4.15. The Morgan fingerprint density at radius 2 is 1.94 bits per heavy atom. The second-order valence-electron chi connectivity index (χ2n) is 4.73. The molecule has 0 fully saturated rings. The highest BCUT2D eigenvalue weighted by atomic mass is 32.1. The van der Waals surface area contributed by atoms with Crippen LogP contribution in [0.15, 0.2) is 30.5 Å². The van der Waals surface area contributed by atoms with Crippen molar-refractivity contribution in [3.05, 3.63) is 51.5 Å². The Labute approximate surface area is 113 Å². The van der Waals surface area contributed by atoms with Gasteiger partial charge in [0.2, 0.25) is 0 Å². The molecule has 0 amide bonds. The third kappa shape index (κ3) is 2.98. The van der Waals surface area contributed by atoms with E-state index < -0.39 is 0 Å². The second-order valence-corrected chi connectivity index (χ2v) is 6.19. The molecule has 0 saturated carbocycles. The molecule has 2 rings (SSSR count). The number of nitrogens with one attached hydrogen (secondary N) is 1. The average Bonchev–Trinajstić information content (AvgIpc) is 2.69. The van der Waals surface area contributed by atoms with Crippen LogP contribution in [-0.4, -0.2) is 4.98 Å². The topological polar surface area (TPSA) is 24.9 Å². The van der Waals surface area contributed by atoms with Crippen LogP contribution in [0.5, 0.6) is 0 Å². The lowest BCUT2D eigenvalue weighted by molar-refractivity contribution is 0.486. The van der Waals surface area contributed by atoms with Gasteiger partial charge in [0.15, 0.2) is 0 Å². The van der Waals surface area contributed by atoms with Gasteiger partial charge in [0.25, 0.3) is 0 Å². The van der Waals surface area contributed by atoms with Gasteiger partial charge in [-0.15, -0.1) is 11.3 Å². The van der Waals surface area contributed by atoms with E-state index in [-0.39, 0.29) is 6.04 Å². The van der Waals surface area contributed by atoms with E-state index in [0.717, 1.165) is 5.69 Å². The molecule has 0 aliphatic heterocycles. The van der Waals surface area contributed by atoms with Crippen molar-refractivity contribution in [2.45, 2.75) is 39.8 Å². The summed E-state index contributed by atoms with van der Waals surface area (Å²) >= 11 is 1.86. The molecule has 0 radical (unpaired) electrons. The van der Waals surface area contributed by atoms with Gasteiger partial charge in [-0.05, 0) is 51.5 Å². The minimum atomic E-state index is 0.265. The second kappa shape index (κ2) is 5.63. The van der Waals surface area contributed by atoms with Crippen molar-refractivity contribution in [3.8, 4) is 0 Å². The molecule has 2 atom stereocenters. The smallest absolute Gasteiger partial charge is 0.0570 e. The van der Waals surface area contributed by atoms with Crippen molar-refractivity contribution in [1.29, 1.82) is 0 Å². The Balaban J connectivity index is 2.08. The summed E-state index contributed by atoms with van der Waals surface area (Å²) in [4.78, 5) is 7.17. The molecule has 18 heavy (non-hydrogen) atoms. The molecule has 2 aromatic rings. The maximum absolute atomic E-state index is 4.39. The number of rotatable bonds is 4. The van der Waals surface area contributed by atoms with Gasteiger partial charge in [0.05, 0.1) is 5.69 Å². The zero-order chi connectivity index (χ0) is 13.1. The summed E-state index contributed by atoms with van der Waals surface area (Å²) in [5.41, 5.74) is 2.49. The maximum atomic E-state index is 4.39. The number of thiophene rings is 1. The first kappa shape index (κ1) is 13.2. The normalized spacial score (nSPS) is 14.4. The predicted octanol–water partition coefficient (Wildman–Crippen LogP) is 4.17. The summed E-state index contributed by atoms with van der Waals surface area (Å²) in [5, 5.41) is 3.61. The fourth-order valence-corrected chi connectivity index (χ4v) is 3.29. The molecular weight excluding hydrogens is 240 g/mol. The third-order valence-corrected chi connectivity index (χ3v) is 4.16. The highest BCUT2D eigenvalue weighted by molar-refractivity contribution is 7.12. The zero-order valence-electron chi connectivity index (χ0n) is 11.4. The number of pyridine rings is 1. The van der Waals surface area contributed by atoms with Gasteiger partial charge in [-0.3, -0.25) is 4.98 Å². The van der Waals surface area contributed by atoms with Crippen LogP contribution >= 0.6 is 11.3 Å². The van der Waals surface area contributed by atoms with Gasteiger partial charge in [0, 0.05) is 28.0 Å².